The molecule has 0 saturated heterocycles. The number of aromatic nitrogens is 2. The summed E-state index contributed by atoms with van der Waals surface area (Å²) < 4.78 is 57.4. The number of ether oxygens (including phenoxy) is 1. The maximum absolute atomic E-state index is 13.3. The average molecular weight is 394 g/mol. The van der Waals surface area contributed by atoms with Crippen molar-refractivity contribution in [3.63, 3.8) is 0 Å². The molecule has 140 valence electrons. The van der Waals surface area contributed by atoms with Crippen molar-refractivity contribution >= 4 is 15.9 Å². The van der Waals surface area contributed by atoms with Crippen LogP contribution in [0.1, 0.15) is 10.4 Å². The number of hydrogen-bond acceptors (Lipinski definition) is 5. The van der Waals surface area contributed by atoms with E-state index in [4.69, 9.17) is 4.74 Å². The van der Waals surface area contributed by atoms with E-state index in [2.05, 4.69) is 0 Å². The molecular weight excluding hydrogens is 382 g/mol. The number of imidazole rings is 1. The molecule has 0 radical (unpaired) electrons. The van der Waals surface area contributed by atoms with Gasteiger partial charge in [-0.15, -0.1) is 0 Å². The summed E-state index contributed by atoms with van der Waals surface area (Å²) in [5.74, 6) is -2.99. The second kappa shape index (κ2) is 6.80. The molecule has 0 aliphatic heterocycles. The highest BCUT2D eigenvalue weighted by Gasteiger charge is 2.23. The van der Waals surface area contributed by atoms with E-state index in [-0.39, 0.29) is 10.5 Å². The van der Waals surface area contributed by atoms with Gasteiger partial charge in [0, 0.05) is 18.0 Å². The summed E-state index contributed by atoms with van der Waals surface area (Å²) in [5, 5.41) is 0. The number of nitrogens with zero attached hydrogens (tertiary/aromatic N) is 2. The minimum Gasteiger partial charge on any atom is -0.497 e. The van der Waals surface area contributed by atoms with Gasteiger partial charge in [-0.25, -0.2) is 26.6 Å². The highest BCUT2D eigenvalue weighted by Crippen LogP contribution is 2.17. The SMILES string of the molecule is COc1ccc(S(=O)(=O)n2ccn(C(=O)c3ccc(F)c(F)c3)c2=O)cc1. The van der Waals surface area contributed by atoms with Crippen LogP contribution >= 0.6 is 0 Å². The first-order valence-corrected chi connectivity index (χ1v) is 8.89. The summed E-state index contributed by atoms with van der Waals surface area (Å²) >= 11 is 0. The van der Waals surface area contributed by atoms with Gasteiger partial charge in [-0.05, 0) is 42.5 Å². The van der Waals surface area contributed by atoms with Gasteiger partial charge in [0.05, 0.1) is 12.0 Å². The van der Waals surface area contributed by atoms with E-state index in [1.54, 1.807) is 0 Å². The maximum Gasteiger partial charge on any atom is 0.349 e. The molecule has 0 saturated carbocycles. The normalized spacial score (nSPS) is 11.4. The van der Waals surface area contributed by atoms with Crippen LogP contribution in [-0.4, -0.2) is 30.0 Å². The molecule has 2 aromatic carbocycles. The van der Waals surface area contributed by atoms with E-state index >= 15 is 0 Å². The largest absolute Gasteiger partial charge is 0.497 e. The van der Waals surface area contributed by atoms with Crippen molar-refractivity contribution in [1.82, 2.24) is 8.54 Å². The zero-order chi connectivity index (χ0) is 19.8. The number of carbonyl (C=O) groups excluding carboxylic acids is 1. The summed E-state index contributed by atoms with van der Waals surface area (Å²) in [7, 11) is -2.85. The van der Waals surface area contributed by atoms with E-state index < -0.39 is 33.3 Å². The third-order valence-electron chi connectivity index (χ3n) is 3.75. The second-order valence-electron chi connectivity index (χ2n) is 5.36. The Hall–Kier alpha value is -3.27. The molecule has 0 bridgehead atoms. The predicted molar refractivity (Wildman–Crippen MR) is 90.4 cm³/mol. The molecule has 7 nitrogen and oxygen atoms in total. The monoisotopic (exact) mass is 394 g/mol. The topological polar surface area (TPSA) is 87.4 Å². The Morgan fingerprint density at radius 1 is 1.00 bits per heavy atom. The van der Waals surface area contributed by atoms with Gasteiger partial charge in [0.25, 0.3) is 15.9 Å². The molecule has 10 heteroatoms. The first-order chi connectivity index (χ1) is 12.8. The Morgan fingerprint density at radius 2 is 1.67 bits per heavy atom. The predicted octanol–water partition coefficient (Wildman–Crippen LogP) is 1.86. The van der Waals surface area contributed by atoms with Gasteiger partial charge in [-0.1, -0.05) is 0 Å². The van der Waals surface area contributed by atoms with E-state index in [1.165, 1.54) is 31.4 Å². The number of methoxy groups -OCH3 is 1. The van der Waals surface area contributed by atoms with Crippen molar-refractivity contribution in [3.8, 4) is 5.75 Å². The van der Waals surface area contributed by atoms with Gasteiger partial charge in [0.15, 0.2) is 11.6 Å². The highest BCUT2D eigenvalue weighted by atomic mass is 32.2. The Balaban J connectivity index is 2.02. The molecule has 0 unspecified atom stereocenters. The van der Waals surface area contributed by atoms with Crippen LogP contribution < -0.4 is 10.4 Å². The molecule has 0 fully saturated rings. The number of benzene rings is 2. The molecule has 3 aromatic rings. The lowest BCUT2D eigenvalue weighted by Gasteiger charge is -2.06. The Bertz CT molecular complexity index is 1180. The molecule has 0 aliphatic rings. The highest BCUT2D eigenvalue weighted by molar-refractivity contribution is 7.90. The number of carbonyl (C=O) groups is 1. The molecule has 3 rings (SSSR count). The summed E-state index contributed by atoms with van der Waals surface area (Å²) in [4.78, 5) is 24.6. The van der Waals surface area contributed by atoms with Crippen molar-refractivity contribution in [2.75, 3.05) is 7.11 Å². The van der Waals surface area contributed by atoms with Gasteiger partial charge in [0.2, 0.25) is 0 Å². The summed E-state index contributed by atoms with van der Waals surface area (Å²) in [6.07, 6.45) is 1.84. The third-order valence-corrected chi connectivity index (χ3v) is 5.41. The van der Waals surface area contributed by atoms with Gasteiger partial charge in [0.1, 0.15) is 5.75 Å². The van der Waals surface area contributed by atoms with Crippen LogP contribution in [0.5, 0.6) is 5.75 Å². The fourth-order valence-electron chi connectivity index (χ4n) is 2.33. The van der Waals surface area contributed by atoms with Gasteiger partial charge >= 0.3 is 5.69 Å². The van der Waals surface area contributed by atoms with E-state index in [1.807, 2.05) is 0 Å². The van der Waals surface area contributed by atoms with Crippen molar-refractivity contribution in [1.29, 1.82) is 0 Å². The lowest BCUT2D eigenvalue weighted by atomic mass is 10.2. The minimum absolute atomic E-state index is 0.191. The number of rotatable bonds is 4. The Kier molecular flexibility index (Phi) is 4.66. The van der Waals surface area contributed by atoms with Crippen LogP contribution in [0.2, 0.25) is 0 Å². The quantitative estimate of drug-likeness (QED) is 0.674. The Morgan fingerprint density at radius 3 is 2.26 bits per heavy atom. The van der Waals surface area contributed by atoms with Crippen LogP contribution in [0.3, 0.4) is 0 Å². The molecular formula is C17H12F2N2O5S. The Labute approximate surface area is 152 Å². The van der Waals surface area contributed by atoms with Crippen LogP contribution in [-0.2, 0) is 10.0 Å². The summed E-state index contributed by atoms with van der Waals surface area (Å²) in [6.45, 7) is 0. The van der Waals surface area contributed by atoms with Gasteiger partial charge in [-0.3, -0.25) is 4.79 Å². The van der Waals surface area contributed by atoms with Gasteiger partial charge in [-0.2, -0.15) is 3.97 Å². The summed E-state index contributed by atoms with van der Waals surface area (Å²) in [6, 6.07) is 7.65. The number of hydrogen-bond donors (Lipinski definition) is 0. The van der Waals surface area contributed by atoms with Crippen molar-refractivity contribution in [3.05, 3.63) is 82.5 Å². The summed E-state index contributed by atoms with van der Waals surface area (Å²) in [5.41, 5.74) is -1.48. The smallest absolute Gasteiger partial charge is 0.349 e. The maximum atomic E-state index is 13.3. The first kappa shape index (κ1) is 18.5. The van der Waals surface area contributed by atoms with Crippen molar-refractivity contribution in [2.45, 2.75) is 4.90 Å². The lowest BCUT2D eigenvalue weighted by Crippen LogP contribution is -2.32. The fraction of sp³-hybridized carbons (Fsp3) is 0.0588. The fourth-order valence-corrected chi connectivity index (χ4v) is 3.54. The van der Waals surface area contributed by atoms with Gasteiger partial charge < -0.3 is 4.74 Å². The lowest BCUT2D eigenvalue weighted by molar-refractivity contribution is 0.0955. The van der Waals surface area contributed by atoms with E-state index in [0.29, 0.717) is 20.4 Å². The standard InChI is InChI=1S/C17H12F2N2O5S/c1-26-12-3-5-13(6-4-12)27(24,25)21-9-8-20(17(21)23)16(22)11-2-7-14(18)15(19)10-11/h2-10H,1H3. The van der Waals surface area contributed by atoms with Crippen LogP contribution in [0.25, 0.3) is 0 Å². The molecule has 1 aromatic heterocycles. The van der Waals surface area contributed by atoms with Crippen molar-refractivity contribution in [2.24, 2.45) is 0 Å². The molecule has 0 atom stereocenters. The molecule has 0 amide bonds. The first-order valence-electron chi connectivity index (χ1n) is 7.45. The molecule has 27 heavy (non-hydrogen) atoms. The van der Waals surface area contributed by atoms with Crippen LogP contribution in [0.15, 0.2) is 64.5 Å². The molecule has 1 heterocycles. The van der Waals surface area contributed by atoms with Crippen molar-refractivity contribution < 1.29 is 26.7 Å². The zero-order valence-electron chi connectivity index (χ0n) is 13.8. The average Bonchev–Trinajstić information content (AvgIpc) is 3.05. The van der Waals surface area contributed by atoms with E-state index in [9.17, 15) is 26.8 Å². The zero-order valence-corrected chi connectivity index (χ0v) is 14.6. The molecule has 0 aliphatic carbocycles. The molecule has 0 spiro atoms. The second-order valence-corrected chi connectivity index (χ2v) is 7.18. The number of halogens is 2. The minimum atomic E-state index is -4.26. The van der Waals surface area contributed by atoms with E-state index in [0.717, 1.165) is 24.5 Å². The van der Waals surface area contributed by atoms with Crippen LogP contribution in [0.4, 0.5) is 8.78 Å². The molecule has 0 N–H and O–H groups in total. The van der Waals surface area contributed by atoms with Crippen LogP contribution in [0, 0.1) is 11.6 Å². The third kappa shape index (κ3) is 3.26.